The van der Waals surface area contributed by atoms with Crippen molar-refractivity contribution in [1.29, 1.82) is 0 Å². The van der Waals surface area contributed by atoms with E-state index in [1.54, 1.807) is 6.07 Å². The number of nitrogens with zero attached hydrogens (tertiary/aromatic N) is 1. The molecule has 3 atom stereocenters. The number of fused-ring (bicyclic) bond motifs is 3. The second kappa shape index (κ2) is 3.29. The van der Waals surface area contributed by atoms with Crippen LogP contribution in [-0.4, -0.2) is 17.1 Å². The summed E-state index contributed by atoms with van der Waals surface area (Å²) in [6.45, 7) is 0. The topological polar surface area (TPSA) is 38.1 Å². The number of hydrogen-bond acceptors (Lipinski definition) is 3. The number of halogens is 1. The van der Waals surface area contributed by atoms with Crippen LogP contribution in [0.25, 0.3) is 11.1 Å². The molecule has 1 N–H and O–H groups in total. The van der Waals surface area contributed by atoms with Gasteiger partial charge in [0.05, 0.1) is 0 Å². The zero-order valence-corrected chi connectivity index (χ0v) is 9.32. The molecule has 17 heavy (non-hydrogen) atoms. The summed E-state index contributed by atoms with van der Waals surface area (Å²) in [6, 6.07) is 6.07. The Labute approximate surface area is 98.0 Å². The fourth-order valence-corrected chi connectivity index (χ4v) is 3.24. The molecule has 2 saturated heterocycles. The summed E-state index contributed by atoms with van der Waals surface area (Å²) in [4.78, 5) is 3.85. The Balaban J connectivity index is 1.76. The molecule has 0 amide bonds. The number of hydrogen-bond donors (Lipinski definition) is 1. The second-order valence-corrected chi connectivity index (χ2v) is 5.06. The van der Waals surface area contributed by atoms with Crippen LogP contribution in [0.5, 0.6) is 0 Å². The van der Waals surface area contributed by atoms with Gasteiger partial charge in [0.15, 0.2) is 5.58 Å². The Morgan fingerprint density at radius 1 is 1.35 bits per heavy atom. The Kier molecular flexibility index (Phi) is 1.86. The number of nitrogens with one attached hydrogen (secondary N) is 1. The minimum absolute atomic E-state index is 0.436. The maximum Gasteiger partial charge on any atom is 0.213 e. The Morgan fingerprint density at radius 3 is 3.06 bits per heavy atom. The Hall–Kier alpha value is -1.42. The molecule has 3 unspecified atom stereocenters. The third-order valence-electron chi connectivity index (χ3n) is 4.02. The maximum absolute atomic E-state index is 13.0. The van der Waals surface area contributed by atoms with Crippen LogP contribution in [0.15, 0.2) is 22.6 Å². The summed E-state index contributed by atoms with van der Waals surface area (Å²) >= 11 is 0. The van der Waals surface area contributed by atoms with E-state index in [0.717, 1.165) is 12.2 Å². The molecule has 0 saturated carbocycles. The van der Waals surface area contributed by atoms with Crippen LogP contribution >= 0.6 is 0 Å². The zero-order valence-electron chi connectivity index (χ0n) is 9.32. The van der Waals surface area contributed by atoms with Crippen molar-refractivity contribution >= 4 is 11.1 Å². The molecule has 4 rings (SSSR count). The van der Waals surface area contributed by atoms with Crippen LogP contribution in [-0.2, 0) is 0 Å². The first-order valence-electron chi connectivity index (χ1n) is 6.11. The van der Waals surface area contributed by atoms with Crippen molar-refractivity contribution in [2.75, 3.05) is 0 Å². The fraction of sp³-hybridized carbons (Fsp3) is 0.462. The lowest BCUT2D eigenvalue weighted by Gasteiger charge is -2.17. The minimum atomic E-state index is -0.448. The molecule has 2 bridgehead atoms. The molecule has 3 nitrogen and oxygen atoms in total. The van der Waals surface area contributed by atoms with E-state index in [1.807, 2.05) is 6.07 Å². The van der Waals surface area contributed by atoms with Crippen molar-refractivity contribution in [3.05, 3.63) is 29.9 Å². The maximum atomic E-state index is 13.0. The monoisotopic (exact) mass is 232 g/mol. The van der Waals surface area contributed by atoms with Crippen molar-refractivity contribution < 1.29 is 8.81 Å². The van der Waals surface area contributed by atoms with Crippen molar-refractivity contribution in [3.8, 4) is 0 Å². The first-order chi connectivity index (χ1) is 8.29. The van der Waals surface area contributed by atoms with E-state index >= 15 is 0 Å². The Morgan fingerprint density at radius 2 is 2.29 bits per heavy atom. The quantitative estimate of drug-likeness (QED) is 0.768. The molecule has 2 aliphatic heterocycles. The first-order valence-corrected chi connectivity index (χ1v) is 6.11. The van der Waals surface area contributed by atoms with Crippen molar-refractivity contribution in [1.82, 2.24) is 10.3 Å². The summed E-state index contributed by atoms with van der Waals surface area (Å²) < 4.78 is 18.8. The number of aromatic nitrogens is 1. The van der Waals surface area contributed by atoms with Gasteiger partial charge in [0.2, 0.25) is 5.95 Å². The van der Waals surface area contributed by atoms with Gasteiger partial charge >= 0.3 is 0 Å². The average Bonchev–Trinajstić information content (AvgIpc) is 3.01. The van der Waals surface area contributed by atoms with Gasteiger partial charge < -0.3 is 9.73 Å². The van der Waals surface area contributed by atoms with Crippen LogP contribution < -0.4 is 5.32 Å². The minimum Gasteiger partial charge on any atom is -0.459 e. The average molecular weight is 232 g/mol. The van der Waals surface area contributed by atoms with E-state index in [-0.39, 0.29) is 0 Å². The second-order valence-electron chi connectivity index (χ2n) is 5.06. The van der Waals surface area contributed by atoms with Gasteiger partial charge in [-0.2, -0.15) is 4.39 Å². The van der Waals surface area contributed by atoms with Gasteiger partial charge in [-0.3, -0.25) is 0 Å². The summed E-state index contributed by atoms with van der Waals surface area (Å²) in [7, 11) is 0. The summed E-state index contributed by atoms with van der Waals surface area (Å²) in [5.41, 5.74) is 1.31. The predicted molar refractivity (Wildman–Crippen MR) is 61.3 cm³/mol. The van der Waals surface area contributed by atoms with E-state index in [1.165, 1.54) is 18.9 Å². The van der Waals surface area contributed by atoms with E-state index in [0.29, 0.717) is 29.1 Å². The first kappa shape index (κ1) is 9.59. The highest BCUT2D eigenvalue weighted by Crippen LogP contribution is 2.41. The fourth-order valence-electron chi connectivity index (χ4n) is 3.24. The molecule has 2 aromatic rings. The highest BCUT2D eigenvalue weighted by Gasteiger charge is 2.41. The molecule has 4 heteroatoms. The lowest BCUT2D eigenvalue weighted by atomic mass is 9.87. The standard InChI is InChI=1S/C13H13FN2O/c14-13-4-3-11-10(16-13)6-12(17-11)8-5-7-1-2-9(8)15-7/h3-4,6-9,15H,1-2,5H2. The molecule has 0 spiro atoms. The van der Waals surface area contributed by atoms with Crippen molar-refractivity contribution in [2.24, 2.45) is 0 Å². The molecule has 2 fully saturated rings. The molecule has 88 valence electrons. The van der Waals surface area contributed by atoms with Gasteiger partial charge in [0, 0.05) is 24.1 Å². The third kappa shape index (κ3) is 1.40. The normalized spacial score (nSPS) is 31.5. The van der Waals surface area contributed by atoms with E-state index in [9.17, 15) is 4.39 Å². The molecular formula is C13H13FN2O. The highest BCUT2D eigenvalue weighted by molar-refractivity contribution is 5.73. The lowest BCUT2D eigenvalue weighted by Crippen LogP contribution is -2.21. The third-order valence-corrected chi connectivity index (χ3v) is 4.02. The van der Waals surface area contributed by atoms with E-state index in [2.05, 4.69) is 10.3 Å². The van der Waals surface area contributed by atoms with Crippen molar-refractivity contribution in [3.63, 3.8) is 0 Å². The smallest absolute Gasteiger partial charge is 0.213 e. The van der Waals surface area contributed by atoms with Gasteiger partial charge in [0.1, 0.15) is 11.3 Å². The van der Waals surface area contributed by atoms with E-state index < -0.39 is 5.95 Å². The summed E-state index contributed by atoms with van der Waals surface area (Å²) in [5, 5.41) is 3.58. The van der Waals surface area contributed by atoms with Gasteiger partial charge in [-0.25, -0.2) is 4.98 Å². The zero-order chi connectivity index (χ0) is 11.4. The van der Waals surface area contributed by atoms with Crippen LogP contribution in [0.2, 0.25) is 0 Å². The predicted octanol–water partition coefficient (Wildman–Crippen LogP) is 2.57. The van der Waals surface area contributed by atoms with Crippen LogP contribution in [0.3, 0.4) is 0 Å². The molecule has 2 aromatic heterocycles. The van der Waals surface area contributed by atoms with E-state index in [4.69, 9.17) is 4.42 Å². The van der Waals surface area contributed by atoms with Crippen molar-refractivity contribution in [2.45, 2.75) is 37.3 Å². The molecular weight excluding hydrogens is 219 g/mol. The van der Waals surface area contributed by atoms with Crippen LogP contribution in [0.4, 0.5) is 4.39 Å². The summed E-state index contributed by atoms with van der Waals surface area (Å²) in [5.74, 6) is 0.944. The molecule has 0 radical (unpaired) electrons. The SMILES string of the molecule is Fc1ccc2oc(C3CC4CCC3N4)cc2n1. The molecule has 2 aliphatic rings. The summed E-state index contributed by atoms with van der Waals surface area (Å²) in [6.07, 6.45) is 3.62. The lowest BCUT2D eigenvalue weighted by molar-refractivity contribution is 0.422. The molecule has 0 aliphatic carbocycles. The number of furan rings is 1. The van der Waals surface area contributed by atoms with Crippen LogP contribution in [0.1, 0.15) is 30.9 Å². The highest BCUT2D eigenvalue weighted by atomic mass is 19.1. The molecule has 4 heterocycles. The number of rotatable bonds is 1. The molecule has 0 aromatic carbocycles. The largest absolute Gasteiger partial charge is 0.459 e. The number of pyridine rings is 1. The van der Waals surface area contributed by atoms with Gasteiger partial charge in [-0.15, -0.1) is 0 Å². The Bertz CT molecular complexity index is 580. The van der Waals surface area contributed by atoms with Gasteiger partial charge in [-0.1, -0.05) is 0 Å². The van der Waals surface area contributed by atoms with Gasteiger partial charge in [0.25, 0.3) is 0 Å². The van der Waals surface area contributed by atoms with Crippen LogP contribution in [0, 0.1) is 5.95 Å². The van der Waals surface area contributed by atoms with Gasteiger partial charge in [-0.05, 0) is 31.4 Å².